The van der Waals surface area contributed by atoms with E-state index >= 15 is 0 Å². The Morgan fingerprint density at radius 3 is 2.36 bits per heavy atom. The number of furan rings is 1. The van der Waals surface area contributed by atoms with Crippen LogP contribution in [0.5, 0.6) is 0 Å². The van der Waals surface area contributed by atoms with Gasteiger partial charge in [0, 0.05) is 14.1 Å². The van der Waals surface area contributed by atoms with Gasteiger partial charge in [0.1, 0.15) is 0 Å². The van der Waals surface area contributed by atoms with Crippen molar-refractivity contribution in [3.8, 4) is 0 Å². The standard InChI is InChI=1S/C16H27N3O4S.HI/c1-18(2)24(21,22)15-9-8-14(23-15)16(20)17-10-13-19(3)11-6-4-5-7-12-19;/h8-9H,4-7,10-13H2,1-3H3;1H. The van der Waals surface area contributed by atoms with E-state index in [0.29, 0.717) is 6.54 Å². The summed E-state index contributed by atoms with van der Waals surface area (Å²) in [7, 11) is 1.41. The summed E-state index contributed by atoms with van der Waals surface area (Å²) >= 11 is 0. The number of rotatable bonds is 6. The second kappa shape index (κ2) is 9.33. The topological polar surface area (TPSA) is 79.6 Å². The van der Waals surface area contributed by atoms with Crippen LogP contribution in [0, 0.1) is 0 Å². The Bertz CT molecular complexity index is 665. The van der Waals surface area contributed by atoms with Gasteiger partial charge in [-0.05, 0) is 37.8 Å². The zero-order valence-electron chi connectivity index (χ0n) is 15.1. The third kappa shape index (κ3) is 5.93. The van der Waals surface area contributed by atoms with Crippen molar-refractivity contribution in [2.75, 3.05) is 47.3 Å². The van der Waals surface area contributed by atoms with Crippen LogP contribution in [0.3, 0.4) is 0 Å². The summed E-state index contributed by atoms with van der Waals surface area (Å²) in [6.07, 6.45) is 5.04. The van der Waals surface area contributed by atoms with Crippen molar-refractivity contribution in [3.63, 3.8) is 0 Å². The van der Waals surface area contributed by atoms with Crippen LogP contribution < -0.4 is 29.3 Å². The Hall–Kier alpha value is -0.650. The zero-order valence-corrected chi connectivity index (χ0v) is 18.1. The van der Waals surface area contributed by atoms with Crippen molar-refractivity contribution in [2.24, 2.45) is 0 Å². The average molecular weight is 485 g/mol. The van der Waals surface area contributed by atoms with Crippen LogP contribution in [0.4, 0.5) is 0 Å². The third-order valence-corrected chi connectivity index (χ3v) is 6.31. The number of likely N-dealkylation sites (N-methyl/N-ethyl adjacent to an activating group) is 1. The highest BCUT2D eigenvalue weighted by Crippen LogP contribution is 2.17. The first-order valence-corrected chi connectivity index (χ1v) is 9.83. The van der Waals surface area contributed by atoms with Crippen molar-refractivity contribution >= 4 is 15.9 Å². The quantitative estimate of drug-likeness (QED) is 0.385. The zero-order chi connectivity index (χ0) is 17.8. The number of hydrogen-bond donors (Lipinski definition) is 1. The van der Waals surface area contributed by atoms with Gasteiger partial charge in [-0.2, -0.15) is 0 Å². The van der Waals surface area contributed by atoms with Crippen molar-refractivity contribution < 1.29 is 46.1 Å². The van der Waals surface area contributed by atoms with Gasteiger partial charge in [0.15, 0.2) is 5.76 Å². The Morgan fingerprint density at radius 1 is 1.20 bits per heavy atom. The Balaban J connectivity index is 0.00000312. The highest BCUT2D eigenvalue weighted by molar-refractivity contribution is 7.88. The number of hydrogen-bond acceptors (Lipinski definition) is 4. The molecule has 1 aromatic rings. The summed E-state index contributed by atoms with van der Waals surface area (Å²) in [5.74, 6) is -0.356. The summed E-state index contributed by atoms with van der Waals surface area (Å²) in [5.41, 5.74) is 0. The van der Waals surface area contributed by atoms with Crippen LogP contribution in [0.1, 0.15) is 36.2 Å². The van der Waals surface area contributed by atoms with Gasteiger partial charge >= 0.3 is 0 Å². The predicted octanol–water partition coefficient (Wildman–Crippen LogP) is -1.72. The second-order valence-electron chi connectivity index (χ2n) is 6.87. The monoisotopic (exact) mass is 485 g/mol. The largest absolute Gasteiger partial charge is 1.00 e. The second-order valence-corrected chi connectivity index (χ2v) is 8.95. The first-order chi connectivity index (χ1) is 11.2. The molecule has 2 heterocycles. The van der Waals surface area contributed by atoms with Crippen LogP contribution in [0.25, 0.3) is 0 Å². The van der Waals surface area contributed by atoms with Gasteiger partial charge in [-0.1, -0.05) is 0 Å². The summed E-state index contributed by atoms with van der Waals surface area (Å²) in [5, 5.41) is 2.61. The van der Waals surface area contributed by atoms with Gasteiger partial charge in [-0.3, -0.25) is 4.79 Å². The van der Waals surface area contributed by atoms with Gasteiger partial charge in [-0.25, -0.2) is 12.7 Å². The minimum Gasteiger partial charge on any atom is -1.00 e. The van der Waals surface area contributed by atoms with E-state index in [1.807, 2.05) is 0 Å². The molecule has 1 saturated heterocycles. The van der Waals surface area contributed by atoms with Gasteiger partial charge in [0.05, 0.1) is 33.2 Å². The predicted molar refractivity (Wildman–Crippen MR) is 91.2 cm³/mol. The third-order valence-electron chi connectivity index (χ3n) is 4.62. The fourth-order valence-corrected chi connectivity index (χ4v) is 3.76. The molecule has 1 aliphatic heterocycles. The van der Waals surface area contributed by atoms with E-state index in [9.17, 15) is 13.2 Å². The average Bonchev–Trinajstić information content (AvgIpc) is 2.92. The molecule has 0 bridgehead atoms. The Labute approximate surface area is 167 Å². The summed E-state index contributed by atoms with van der Waals surface area (Å²) in [4.78, 5) is 12.1. The molecule has 2 rings (SSSR count). The van der Waals surface area contributed by atoms with Gasteiger partial charge < -0.3 is 38.2 Å². The van der Waals surface area contributed by atoms with E-state index < -0.39 is 10.0 Å². The Kier molecular flexibility index (Phi) is 8.36. The number of halogens is 1. The minimum atomic E-state index is -3.66. The molecule has 0 atom stereocenters. The van der Waals surface area contributed by atoms with E-state index in [2.05, 4.69) is 12.4 Å². The molecule has 1 N–H and O–H groups in total. The van der Waals surface area contributed by atoms with Crippen LogP contribution in [0.2, 0.25) is 0 Å². The lowest BCUT2D eigenvalue weighted by molar-refractivity contribution is -0.907. The maximum atomic E-state index is 12.1. The maximum absolute atomic E-state index is 12.1. The normalized spacial score (nSPS) is 17.6. The van der Waals surface area contributed by atoms with Gasteiger partial charge in [0.25, 0.3) is 15.9 Å². The molecule has 0 radical (unpaired) electrons. The van der Waals surface area contributed by atoms with E-state index in [1.165, 1.54) is 51.9 Å². The first-order valence-electron chi connectivity index (χ1n) is 8.39. The van der Waals surface area contributed by atoms with E-state index in [-0.39, 0.29) is 40.7 Å². The minimum absolute atomic E-state index is 0. The number of nitrogens with zero attached hydrogens (tertiary/aromatic N) is 2. The molecule has 144 valence electrons. The highest BCUT2D eigenvalue weighted by atomic mass is 127. The molecule has 1 fully saturated rings. The molecule has 0 unspecified atom stereocenters. The summed E-state index contributed by atoms with van der Waals surface area (Å²) < 4.78 is 31.2. The van der Waals surface area contributed by atoms with Crippen molar-refractivity contribution in [3.05, 3.63) is 17.9 Å². The maximum Gasteiger partial charge on any atom is 0.287 e. The lowest BCUT2D eigenvalue weighted by atomic mass is 10.2. The smallest absolute Gasteiger partial charge is 0.287 e. The van der Waals surface area contributed by atoms with Crippen molar-refractivity contribution in [2.45, 2.75) is 30.8 Å². The van der Waals surface area contributed by atoms with E-state index in [0.717, 1.165) is 28.4 Å². The molecule has 1 aliphatic rings. The Morgan fingerprint density at radius 2 is 1.80 bits per heavy atom. The first kappa shape index (κ1) is 22.4. The molecule has 0 saturated carbocycles. The van der Waals surface area contributed by atoms with E-state index in [4.69, 9.17) is 4.42 Å². The number of amides is 1. The number of carbonyl (C=O) groups is 1. The summed E-state index contributed by atoms with van der Waals surface area (Å²) in [6.45, 7) is 3.70. The molecule has 0 aliphatic carbocycles. The molecular formula is C16H28IN3O4S. The SMILES string of the molecule is CN(C)S(=O)(=O)c1ccc(C(=O)NCC[N+]2(C)CCCCCC2)o1.[I-]. The number of likely N-dealkylation sites (tertiary alicyclic amines) is 1. The number of quaternary nitrogens is 1. The molecule has 0 aromatic carbocycles. The molecule has 7 nitrogen and oxygen atoms in total. The lowest BCUT2D eigenvalue weighted by Crippen LogP contribution is -3.00. The van der Waals surface area contributed by atoms with Gasteiger partial charge in [-0.15, -0.1) is 0 Å². The summed E-state index contributed by atoms with van der Waals surface area (Å²) in [6, 6.07) is 2.71. The molecular weight excluding hydrogens is 457 g/mol. The van der Waals surface area contributed by atoms with Crippen LogP contribution in [0.15, 0.2) is 21.6 Å². The van der Waals surface area contributed by atoms with Crippen molar-refractivity contribution in [1.29, 1.82) is 0 Å². The molecule has 1 aromatic heterocycles. The van der Waals surface area contributed by atoms with E-state index in [1.54, 1.807) is 0 Å². The molecule has 9 heteroatoms. The van der Waals surface area contributed by atoms with Crippen molar-refractivity contribution in [1.82, 2.24) is 9.62 Å². The lowest BCUT2D eigenvalue weighted by Gasteiger charge is -2.33. The fourth-order valence-electron chi connectivity index (χ4n) is 2.96. The highest BCUT2D eigenvalue weighted by Gasteiger charge is 2.25. The number of carbonyl (C=O) groups excluding carboxylic acids is 1. The number of nitrogens with one attached hydrogen (secondary N) is 1. The molecule has 1 amide bonds. The van der Waals surface area contributed by atoms with Crippen LogP contribution in [-0.4, -0.2) is 70.4 Å². The van der Waals surface area contributed by atoms with Crippen LogP contribution in [-0.2, 0) is 10.0 Å². The number of sulfonamides is 1. The van der Waals surface area contributed by atoms with Crippen LogP contribution >= 0.6 is 0 Å². The molecule has 0 spiro atoms. The fraction of sp³-hybridized carbons (Fsp3) is 0.688. The van der Waals surface area contributed by atoms with Gasteiger partial charge in [0.2, 0.25) is 5.09 Å². The molecule has 25 heavy (non-hydrogen) atoms.